The molecule has 1 saturated heterocycles. The number of rotatable bonds is 3. The number of allylic oxidation sites excluding steroid dienone is 1. The van der Waals surface area contributed by atoms with Crippen LogP contribution in [0.4, 0.5) is 0 Å². The molecule has 1 fully saturated rings. The van der Waals surface area contributed by atoms with Crippen LogP contribution in [-0.4, -0.2) is 34.2 Å². The van der Waals surface area contributed by atoms with E-state index in [1.807, 2.05) is 6.08 Å². The third-order valence-corrected chi connectivity index (χ3v) is 8.89. The first-order valence-electron chi connectivity index (χ1n) is 13.4. The predicted octanol–water partition coefficient (Wildman–Crippen LogP) is 2.96. The zero-order chi connectivity index (χ0) is 26.2. The fourth-order valence-electron chi connectivity index (χ4n) is 6.68. The molecule has 2 aliphatic heterocycles. The molecule has 3 atom stereocenters. The summed E-state index contributed by atoms with van der Waals surface area (Å²) in [6.07, 6.45) is 10.7. The molecule has 0 amide bonds. The minimum Gasteiger partial charge on any atom is -0.681 e. The van der Waals surface area contributed by atoms with Crippen LogP contribution in [0.25, 0.3) is 41.0 Å². The van der Waals surface area contributed by atoms with E-state index in [0.29, 0.717) is 18.1 Å². The maximum Gasteiger partial charge on any atom is 2.00 e. The molecule has 3 aromatic rings. The van der Waals surface area contributed by atoms with Gasteiger partial charge in [0.05, 0.1) is 0 Å². The van der Waals surface area contributed by atoms with Crippen LogP contribution < -0.4 is 36.2 Å². The van der Waals surface area contributed by atoms with Gasteiger partial charge in [0.1, 0.15) is 5.76 Å². The third-order valence-electron chi connectivity index (χ3n) is 8.89. The number of aliphatic hydroxyl groups excluding tert-OH is 1. The van der Waals surface area contributed by atoms with Crippen LogP contribution in [0.5, 0.6) is 0 Å². The monoisotopic (exact) mass is 514 g/mol. The van der Waals surface area contributed by atoms with Crippen molar-refractivity contribution in [2.45, 2.75) is 66.8 Å². The Bertz CT molecular complexity index is 1740. The van der Waals surface area contributed by atoms with Gasteiger partial charge in [-0.05, 0) is 49.8 Å². The molecule has 1 aliphatic carbocycles. The van der Waals surface area contributed by atoms with Crippen LogP contribution in [-0.2, 0) is 6.42 Å². The number of fused-ring (bicyclic) bond motifs is 8. The van der Waals surface area contributed by atoms with Gasteiger partial charge in [-0.1, -0.05) is 91.9 Å². The molecular weight excluding hydrogens is 481 g/mol. The summed E-state index contributed by atoms with van der Waals surface area (Å²) in [6.45, 7) is 17.1. The first-order chi connectivity index (χ1) is 17.8. The first-order valence-corrected chi connectivity index (χ1v) is 13.4. The van der Waals surface area contributed by atoms with E-state index in [0.717, 1.165) is 79.1 Å². The van der Waals surface area contributed by atoms with Crippen molar-refractivity contribution in [2.24, 2.45) is 11.8 Å². The number of nitrogens with zero attached hydrogens (tertiary/aromatic N) is 4. The Morgan fingerprint density at radius 1 is 0.947 bits per heavy atom. The summed E-state index contributed by atoms with van der Waals surface area (Å²) < 4.78 is 0. The van der Waals surface area contributed by atoms with Gasteiger partial charge in [0, 0.05) is 6.42 Å². The average Bonchev–Trinajstić information content (AvgIpc) is 3.61. The topological polar surface area (TPSA) is 76.6 Å². The second-order valence-electron chi connectivity index (χ2n) is 10.8. The summed E-state index contributed by atoms with van der Waals surface area (Å²) in [7, 11) is 0. The van der Waals surface area contributed by atoms with E-state index in [-0.39, 0.29) is 35.0 Å². The Morgan fingerprint density at radius 3 is 2.34 bits per heavy atom. The fraction of sp³-hybridized carbons (Fsp3) is 0.375. The number of aromatic nitrogens is 3. The van der Waals surface area contributed by atoms with E-state index in [9.17, 15) is 5.11 Å². The van der Waals surface area contributed by atoms with Gasteiger partial charge in [-0.15, -0.1) is 33.1 Å². The number of aliphatic hydroxyl groups is 1. The van der Waals surface area contributed by atoms with E-state index in [1.54, 1.807) is 0 Å². The summed E-state index contributed by atoms with van der Waals surface area (Å²) in [5, 5.41) is 20.0. The molecule has 3 aliphatic rings. The SMILES string of the molecule is C=Cc1c2[n-]c(c1C)/C=C1\[N-]C(C3=c4[n-]c(c(C)c4=C(O)C3)/C=c3\[n-]/c(c(C)c3CC)=C\2)[C@@H](CC)[C@@H]1C.[Mg+2]. The standard InChI is InChI=1S/C32H34N4O.Mg/c1-8-19-15(4)23-12-25-17(6)21(10-3)31(35-25)22-11-29(37)30-18(7)26(36-32(22)30)14-28-20(9-2)16(5)24(34-28)13-27(19)33-23;/h8,12-14,17,21,31,37H,1,9-11H2,2-7H3;/q-4;+2/b24-13-,25-12-,28-14-;/t17-,21-,31?;/m0./s1. The van der Waals surface area contributed by atoms with E-state index < -0.39 is 0 Å². The van der Waals surface area contributed by atoms with Gasteiger partial charge < -0.3 is 25.4 Å². The van der Waals surface area contributed by atoms with Gasteiger partial charge >= 0.3 is 23.1 Å². The van der Waals surface area contributed by atoms with Crippen molar-refractivity contribution < 1.29 is 5.11 Å². The molecule has 0 aromatic carbocycles. The molecule has 1 unspecified atom stereocenters. The molecule has 192 valence electrons. The average molecular weight is 515 g/mol. The Hall–Kier alpha value is -2.83. The summed E-state index contributed by atoms with van der Waals surface area (Å²) in [6, 6.07) is 0.00184. The molecule has 0 spiro atoms. The summed E-state index contributed by atoms with van der Waals surface area (Å²) in [5.74, 6) is 1.06. The molecule has 3 aromatic heterocycles. The van der Waals surface area contributed by atoms with E-state index in [4.69, 9.17) is 20.3 Å². The van der Waals surface area contributed by atoms with Crippen LogP contribution >= 0.6 is 0 Å². The maximum absolute atomic E-state index is 11.1. The molecule has 6 heteroatoms. The zero-order valence-electron chi connectivity index (χ0n) is 23.3. The van der Waals surface area contributed by atoms with Crippen molar-refractivity contribution in [1.82, 2.24) is 15.0 Å². The molecule has 5 nitrogen and oxygen atoms in total. The van der Waals surface area contributed by atoms with Gasteiger partial charge in [0.2, 0.25) is 0 Å². The van der Waals surface area contributed by atoms with Crippen molar-refractivity contribution in [3.63, 3.8) is 0 Å². The van der Waals surface area contributed by atoms with Gasteiger partial charge in [0.15, 0.2) is 0 Å². The molecule has 6 rings (SSSR count). The molecule has 5 heterocycles. The molecule has 0 saturated carbocycles. The minimum atomic E-state index is 0. The van der Waals surface area contributed by atoms with Crippen molar-refractivity contribution in [2.75, 3.05) is 0 Å². The molecule has 0 radical (unpaired) electrons. The van der Waals surface area contributed by atoms with Crippen LogP contribution in [0.15, 0.2) is 12.3 Å². The van der Waals surface area contributed by atoms with E-state index in [1.165, 1.54) is 11.1 Å². The van der Waals surface area contributed by atoms with Gasteiger partial charge in [-0.3, -0.25) is 0 Å². The number of hydrogen-bond donors (Lipinski definition) is 1. The second kappa shape index (κ2) is 9.72. The third kappa shape index (κ3) is 3.79. The van der Waals surface area contributed by atoms with Gasteiger partial charge in [-0.25, -0.2) is 0 Å². The van der Waals surface area contributed by atoms with E-state index >= 15 is 0 Å². The van der Waals surface area contributed by atoms with Crippen LogP contribution in [0, 0.1) is 32.6 Å². The molecular formula is C32H34MgN4O-2. The number of hydrogen-bond acceptors (Lipinski definition) is 1. The summed E-state index contributed by atoms with van der Waals surface area (Å²) in [4.78, 5) is 15.2. The fourth-order valence-corrected chi connectivity index (χ4v) is 6.68. The Morgan fingerprint density at radius 2 is 1.66 bits per heavy atom. The zero-order valence-corrected chi connectivity index (χ0v) is 24.7. The van der Waals surface area contributed by atoms with E-state index in [2.05, 4.69) is 66.3 Å². The van der Waals surface area contributed by atoms with Crippen molar-refractivity contribution >= 4 is 58.7 Å². The predicted molar refractivity (Wildman–Crippen MR) is 156 cm³/mol. The van der Waals surface area contributed by atoms with Crippen molar-refractivity contribution in [3.8, 4) is 0 Å². The van der Waals surface area contributed by atoms with Gasteiger partial charge in [0.25, 0.3) is 0 Å². The van der Waals surface area contributed by atoms with Crippen LogP contribution in [0.1, 0.15) is 78.5 Å². The summed E-state index contributed by atoms with van der Waals surface area (Å²) in [5.41, 5.74) is 10.5. The summed E-state index contributed by atoms with van der Waals surface area (Å²) >= 11 is 0. The molecule has 8 bridgehead atoms. The Labute approximate surface area is 240 Å². The Balaban J connectivity index is 0.00000294. The Kier molecular flexibility index (Phi) is 6.85. The molecule has 1 N–H and O–H groups in total. The largest absolute Gasteiger partial charge is 2.00 e. The normalized spacial score (nSPS) is 24.6. The van der Waals surface area contributed by atoms with Crippen LogP contribution in [0.2, 0.25) is 0 Å². The smallest absolute Gasteiger partial charge is 0.681 e. The van der Waals surface area contributed by atoms with Gasteiger partial charge in [-0.2, -0.15) is 5.70 Å². The second-order valence-corrected chi connectivity index (χ2v) is 10.8. The first kappa shape index (κ1) is 26.8. The maximum atomic E-state index is 11.1. The quantitative estimate of drug-likeness (QED) is 0.545. The van der Waals surface area contributed by atoms with Crippen LogP contribution in [0.3, 0.4) is 0 Å². The minimum absolute atomic E-state index is 0. The van der Waals surface area contributed by atoms with Crippen molar-refractivity contribution in [3.05, 3.63) is 83.8 Å². The molecule has 38 heavy (non-hydrogen) atoms. The van der Waals surface area contributed by atoms with Crippen molar-refractivity contribution in [1.29, 1.82) is 0 Å².